The Bertz CT molecular complexity index is 1380. The number of piperidine rings is 1. The Kier molecular flexibility index (Phi) is 7.02. The zero-order chi connectivity index (χ0) is 23.7. The minimum Gasteiger partial charge on any atom is -0.423 e. The number of nitrogens with zero attached hydrogens (tertiary/aromatic N) is 3. The Hall–Kier alpha value is -2.25. The van der Waals surface area contributed by atoms with Crippen molar-refractivity contribution in [3.05, 3.63) is 68.2 Å². The Balaban J connectivity index is 1.11. The van der Waals surface area contributed by atoms with Crippen molar-refractivity contribution < 1.29 is 4.42 Å². The molecular weight excluding hydrogens is 495 g/mol. The Labute approximate surface area is 212 Å². The largest absolute Gasteiger partial charge is 0.423 e. The number of nitrogens with one attached hydrogen (secondary N) is 1. The summed E-state index contributed by atoms with van der Waals surface area (Å²) in [6, 6.07) is 10.8. The topological polar surface area (TPSA) is 63.3 Å². The highest BCUT2D eigenvalue weighted by molar-refractivity contribution is 6.42. The van der Waals surface area contributed by atoms with Crippen LogP contribution in [0.5, 0.6) is 0 Å². The molecule has 1 N–H and O–H groups in total. The first-order chi connectivity index (χ1) is 16.5. The van der Waals surface area contributed by atoms with E-state index in [1.165, 1.54) is 6.07 Å². The second-order valence-corrected chi connectivity index (χ2v) is 10.0. The summed E-state index contributed by atoms with van der Waals surface area (Å²) in [6.45, 7) is 4.03. The number of anilines is 1. The van der Waals surface area contributed by atoms with Crippen molar-refractivity contribution >= 4 is 62.5 Å². The third-order valence-electron chi connectivity index (χ3n) is 6.44. The maximum absolute atomic E-state index is 12.0. The van der Waals surface area contributed by atoms with E-state index >= 15 is 0 Å². The molecule has 0 bridgehead atoms. The molecule has 0 atom stereocenters. The summed E-state index contributed by atoms with van der Waals surface area (Å²) in [5.41, 5.74) is 2.88. The van der Waals surface area contributed by atoms with Crippen LogP contribution >= 0.6 is 34.8 Å². The average molecular weight is 520 g/mol. The summed E-state index contributed by atoms with van der Waals surface area (Å²) in [7, 11) is 0. The van der Waals surface area contributed by atoms with Gasteiger partial charge in [0.1, 0.15) is 5.58 Å². The fraction of sp³-hybridized carbons (Fsp3) is 0.360. The van der Waals surface area contributed by atoms with Gasteiger partial charge in [-0.3, -0.25) is 0 Å². The van der Waals surface area contributed by atoms with E-state index in [2.05, 4.69) is 19.8 Å². The first kappa shape index (κ1) is 23.5. The van der Waals surface area contributed by atoms with Gasteiger partial charge in [-0.05, 0) is 62.6 Å². The van der Waals surface area contributed by atoms with Crippen molar-refractivity contribution in [1.82, 2.24) is 14.5 Å². The molecule has 0 aliphatic carbocycles. The molecule has 0 saturated carbocycles. The molecule has 1 fully saturated rings. The van der Waals surface area contributed by atoms with Crippen molar-refractivity contribution in [2.75, 3.05) is 25.0 Å². The first-order valence-corrected chi connectivity index (χ1v) is 12.6. The van der Waals surface area contributed by atoms with Gasteiger partial charge in [-0.15, -0.1) is 0 Å². The van der Waals surface area contributed by atoms with E-state index in [-0.39, 0.29) is 5.63 Å². The van der Waals surface area contributed by atoms with Crippen LogP contribution in [0.3, 0.4) is 0 Å². The van der Waals surface area contributed by atoms with Crippen LogP contribution in [0, 0.1) is 0 Å². The van der Waals surface area contributed by atoms with Gasteiger partial charge in [0, 0.05) is 42.2 Å². The van der Waals surface area contributed by atoms with Crippen LogP contribution in [-0.4, -0.2) is 40.1 Å². The summed E-state index contributed by atoms with van der Waals surface area (Å²) in [6.07, 6.45) is 6.08. The van der Waals surface area contributed by atoms with Crippen molar-refractivity contribution in [3.8, 4) is 0 Å². The SMILES string of the molecule is O=c1cc(NC2CCN(CCCCn3cnc4cc(Cl)c(Cl)cc43)CC2)c2cc(Cl)ccc2o1. The number of hydrogen-bond donors (Lipinski definition) is 1. The molecule has 3 heterocycles. The van der Waals surface area contributed by atoms with Gasteiger partial charge in [0.15, 0.2) is 0 Å². The van der Waals surface area contributed by atoms with Gasteiger partial charge in [0.2, 0.25) is 0 Å². The normalized spacial score (nSPS) is 15.4. The molecule has 9 heteroatoms. The Morgan fingerprint density at radius 3 is 2.59 bits per heavy atom. The van der Waals surface area contributed by atoms with Crippen molar-refractivity contribution in [2.45, 2.75) is 38.3 Å². The van der Waals surface area contributed by atoms with Gasteiger partial charge in [-0.1, -0.05) is 34.8 Å². The number of hydrogen-bond acceptors (Lipinski definition) is 5. The zero-order valence-electron chi connectivity index (χ0n) is 18.6. The van der Waals surface area contributed by atoms with E-state index in [0.717, 1.165) is 74.0 Å². The quantitative estimate of drug-likeness (QED) is 0.224. The van der Waals surface area contributed by atoms with E-state index in [1.54, 1.807) is 12.1 Å². The molecular formula is C25H25Cl3N4O2. The predicted octanol–water partition coefficient (Wildman–Crippen LogP) is 6.46. The van der Waals surface area contributed by atoms with Crippen LogP contribution in [0.2, 0.25) is 15.1 Å². The Morgan fingerprint density at radius 2 is 1.76 bits per heavy atom. The van der Waals surface area contributed by atoms with Crippen molar-refractivity contribution in [2.24, 2.45) is 0 Å². The molecule has 0 amide bonds. The van der Waals surface area contributed by atoms with E-state index in [1.807, 2.05) is 24.5 Å². The number of unbranched alkanes of at least 4 members (excludes halogenated alkanes) is 1. The molecule has 2 aromatic carbocycles. The van der Waals surface area contributed by atoms with E-state index in [9.17, 15) is 4.79 Å². The fourth-order valence-corrected chi connectivity index (χ4v) is 5.11. The highest BCUT2D eigenvalue weighted by Gasteiger charge is 2.20. The van der Waals surface area contributed by atoms with E-state index in [4.69, 9.17) is 39.2 Å². The lowest BCUT2D eigenvalue weighted by Crippen LogP contribution is -2.39. The predicted molar refractivity (Wildman–Crippen MR) is 140 cm³/mol. The lowest BCUT2D eigenvalue weighted by Gasteiger charge is -2.33. The van der Waals surface area contributed by atoms with Crippen molar-refractivity contribution in [1.29, 1.82) is 0 Å². The molecule has 0 spiro atoms. The van der Waals surface area contributed by atoms with E-state index in [0.29, 0.717) is 26.7 Å². The average Bonchev–Trinajstić information content (AvgIpc) is 3.20. The summed E-state index contributed by atoms with van der Waals surface area (Å²) in [5, 5.41) is 6.09. The number of aromatic nitrogens is 2. The number of imidazole rings is 1. The smallest absolute Gasteiger partial charge is 0.338 e. The van der Waals surface area contributed by atoms with Gasteiger partial charge in [-0.25, -0.2) is 9.78 Å². The second-order valence-electron chi connectivity index (χ2n) is 8.78. The molecule has 6 nitrogen and oxygen atoms in total. The number of likely N-dealkylation sites (tertiary alicyclic amines) is 1. The van der Waals surface area contributed by atoms with Crippen LogP contribution in [0.4, 0.5) is 5.69 Å². The molecule has 1 aliphatic rings. The number of rotatable bonds is 7. The summed E-state index contributed by atoms with van der Waals surface area (Å²) in [5.74, 6) is 0. The molecule has 0 radical (unpaired) electrons. The lowest BCUT2D eigenvalue weighted by atomic mass is 10.0. The van der Waals surface area contributed by atoms with Crippen LogP contribution in [0.25, 0.3) is 22.0 Å². The number of aryl methyl sites for hydroxylation is 1. The van der Waals surface area contributed by atoms with Gasteiger partial charge in [0.25, 0.3) is 0 Å². The summed E-state index contributed by atoms with van der Waals surface area (Å²) < 4.78 is 7.44. The molecule has 178 valence electrons. The second kappa shape index (κ2) is 10.2. The molecule has 0 unspecified atom stereocenters. The molecule has 34 heavy (non-hydrogen) atoms. The van der Waals surface area contributed by atoms with E-state index < -0.39 is 0 Å². The highest BCUT2D eigenvalue weighted by atomic mass is 35.5. The van der Waals surface area contributed by atoms with Gasteiger partial charge >= 0.3 is 5.63 Å². The fourth-order valence-electron chi connectivity index (χ4n) is 4.62. The molecule has 5 rings (SSSR count). The zero-order valence-corrected chi connectivity index (χ0v) is 20.8. The maximum Gasteiger partial charge on any atom is 0.338 e. The molecule has 2 aromatic heterocycles. The number of halogens is 3. The van der Waals surface area contributed by atoms with Crippen LogP contribution in [0.1, 0.15) is 25.7 Å². The number of benzene rings is 2. The highest BCUT2D eigenvalue weighted by Crippen LogP contribution is 2.28. The van der Waals surface area contributed by atoms with Crippen LogP contribution < -0.4 is 10.9 Å². The molecule has 1 aliphatic heterocycles. The van der Waals surface area contributed by atoms with Gasteiger partial charge in [-0.2, -0.15) is 0 Å². The van der Waals surface area contributed by atoms with Crippen LogP contribution in [-0.2, 0) is 6.54 Å². The molecule has 1 saturated heterocycles. The standard InChI is InChI=1S/C25H25Cl3N4O2/c26-16-3-4-24-18(11-16)21(14-25(33)34-24)30-17-5-9-31(10-6-17)7-1-2-8-32-15-29-22-12-19(27)20(28)13-23(22)32/h3-4,11-15,17,30H,1-2,5-10H2. The summed E-state index contributed by atoms with van der Waals surface area (Å²) >= 11 is 18.4. The van der Waals surface area contributed by atoms with Crippen molar-refractivity contribution in [3.63, 3.8) is 0 Å². The third kappa shape index (κ3) is 5.20. The summed E-state index contributed by atoms with van der Waals surface area (Å²) in [4.78, 5) is 18.9. The minimum absolute atomic E-state index is 0.314. The van der Waals surface area contributed by atoms with Crippen LogP contribution in [0.15, 0.2) is 51.9 Å². The minimum atomic E-state index is -0.356. The first-order valence-electron chi connectivity index (χ1n) is 11.5. The lowest BCUT2D eigenvalue weighted by molar-refractivity contribution is 0.214. The Morgan fingerprint density at radius 1 is 1.00 bits per heavy atom. The molecule has 4 aromatic rings. The van der Waals surface area contributed by atoms with Gasteiger partial charge < -0.3 is 19.2 Å². The third-order valence-corrected chi connectivity index (χ3v) is 7.40. The van der Waals surface area contributed by atoms with Gasteiger partial charge in [0.05, 0.1) is 33.1 Å². The number of fused-ring (bicyclic) bond motifs is 2. The maximum atomic E-state index is 12.0. The monoisotopic (exact) mass is 518 g/mol.